The van der Waals surface area contributed by atoms with Crippen LogP contribution in [0.5, 0.6) is 0 Å². The lowest BCUT2D eigenvalue weighted by atomic mass is 10.1. The number of halogens is 1. The van der Waals surface area contributed by atoms with Crippen molar-refractivity contribution in [2.45, 2.75) is 32.4 Å². The van der Waals surface area contributed by atoms with E-state index in [-0.39, 0.29) is 11.6 Å². The van der Waals surface area contributed by atoms with Gasteiger partial charge in [-0.05, 0) is 54.8 Å². The fourth-order valence-corrected chi connectivity index (χ4v) is 3.89. The third kappa shape index (κ3) is 4.95. The highest BCUT2D eigenvalue weighted by atomic mass is 35.5. The number of hydrogen-bond donors (Lipinski definition) is 1. The summed E-state index contributed by atoms with van der Waals surface area (Å²) < 4.78 is 5.81. The molecule has 0 unspecified atom stereocenters. The number of piperidine rings is 1. The molecule has 1 amide bonds. The van der Waals surface area contributed by atoms with Gasteiger partial charge in [0, 0.05) is 36.3 Å². The molecule has 0 aliphatic carbocycles. The van der Waals surface area contributed by atoms with E-state index < -0.39 is 4.92 Å². The first-order valence-corrected chi connectivity index (χ1v) is 10.5. The van der Waals surface area contributed by atoms with Crippen LogP contribution in [0.25, 0.3) is 11.3 Å². The maximum Gasteiger partial charge on any atom is 0.281 e. The molecule has 1 N–H and O–H groups in total. The lowest BCUT2D eigenvalue weighted by Gasteiger charge is -2.27. The number of benzene rings is 2. The Kier molecular flexibility index (Phi) is 6.34. The normalized spacial score (nSPS) is 14.1. The summed E-state index contributed by atoms with van der Waals surface area (Å²) in [6, 6.07) is 16.0. The van der Waals surface area contributed by atoms with Gasteiger partial charge in [-0.2, -0.15) is 0 Å². The average Bonchev–Trinajstić information content (AvgIpc) is 3.23. The molecule has 3 aromatic rings. The Morgan fingerprint density at radius 2 is 1.97 bits per heavy atom. The molecule has 0 saturated carbocycles. The van der Waals surface area contributed by atoms with Crippen molar-refractivity contribution in [2.75, 3.05) is 11.4 Å². The van der Waals surface area contributed by atoms with Gasteiger partial charge in [-0.3, -0.25) is 14.9 Å². The van der Waals surface area contributed by atoms with E-state index >= 15 is 0 Å². The van der Waals surface area contributed by atoms with Crippen LogP contribution in [-0.4, -0.2) is 17.4 Å². The lowest BCUT2D eigenvalue weighted by Crippen LogP contribution is -2.35. The van der Waals surface area contributed by atoms with Crippen molar-refractivity contribution in [3.8, 4) is 11.3 Å². The van der Waals surface area contributed by atoms with Gasteiger partial charge in [0.2, 0.25) is 5.91 Å². The SMILES string of the molecule is O=C1CCCCN1c1cccc(CNCc2ccc(-c3ccc(Cl)cc3[N+](=O)[O-])o2)c1. The minimum absolute atomic E-state index is 0.0922. The molecule has 1 fully saturated rings. The largest absolute Gasteiger partial charge is 0.459 e. The third-order valence-corrected chi connectivity index (χ3v) is 5.49. The Hall–Kier alpha value is -3.16. The minimum atomic E-state index is -0.471. The number of nitro groups is 1. The molecule has 4 rings (SSSR count). The van der Waals surface area contributed by atoms with Crippen LogP contribution in [0.15, 0.2) is 59.0 Å². The molecule has 7 nitrogen and oxygen atoms in total. The second kappa shape index (κ2) is 9.32. The summed E-state index contributed by atoms with van der Waals surface area (Å²) in [7, 11) is 0. The van der Waals surface area contributed by atoms with Gasteiger partial charge < -0.3 is 14.6 Å². The number of nitrogens with one attached hydrogen (secondary N) is 1. The quantitative estimate of drug-likeness (QED) is 0.397. The van der Waals surface area contributed by atoms with Crippen molar-refractivity contribution >= 4 is 28.9 Å². The average molecular weight is 440 g/mol. The molecule has 0 bridgehead atoms. The van der Waals surface area contributed by atoms with E-state index in [1.807, 2.05) is 29.2 Å². The van der Waals surface area contributed by atoms with Crippen LogP contribution < -0.4 is 10.2 Å². The smallest absolute Gasteiger partial charge is 0.281 e. The number of amides is 1. The summed E-state index contributed by atoms with van der Waals surface area (Å²) in [5, 5.41) is 14.9. The molecule has 31 heavy (non-hydrogen) atoms. The van der Waals surface area contributed by atoms with Crippen LogP contribution in [0, 0.1) is 10.1 Å². The summed E-state index contributed by atoms with van der Waals surface area (Å²) in [6.45, 7) is 1.84. The number of rotatable bonds is 7. The number of hydrogen-bond acceptors (Lipinski definition) is 5. The highest BCUT2D eigenvalue weighted by Crippen LogP contribution is 2.33. The van der Waals surface area contributed by atoms with Gasteiger partial charge in [-0.1, -0.05) is 23.7 Å². The van der Waals surface area contributed by atoms with Crippen LogP contribution in [0.3, 0.4) is 0 Å². The van der Waals surface area contributed by atoms with Crippen molar-refractivity contribution in [3.05, 3.63) is 81.1 Å². The Balaban J connectivity index is 1.40. The molecule has 1 aliphatic heterocycles. The zero-order valence-corrected chi connectivity index (χ0v) is 17.6. The molecule has 1 aromatic heterocycles. The molecule has 1 aliphatic rings. The van der Waals surface area contributed by atoms with E-state index in [4.69, 9.17) is 16.0 Å². The summed E-state index contributed by atoms with van der Waals surface area (Å²) in [4.78, 5) is 24.9. The number of furan rings is 1. The highest BCUT2D eigenvalue weighted by Gasteiger charge is 2.20. The van der Waals surface area contributed by atoms with E-state index in [9.17, 15) is 14.9 Å². The summed E-state index contributed by atoms with van der Waals surface area (Å²) in [6.07, 6.45) is 2.59. The number of nitrogens with zero attached hydrogens (tertiary/aromatic N) is 2. The van der Waals surface area contributed by atoms with Gasteiger partial charge in [0.05, 0.1) is 17.0 Å². The topological polar surface area (TPSA) is 88.6 Å². The van der Waals surface area contributed by atoms with Crippen LogP contribution in [0.2, 0.25) is 5.02 Å². The number of carbonyl (C=O) groups is 1. The summed E-state index contributed by atoms with van der Waals surface area (Å²) >= 11 is 5.88. The standard InChI is InChI=1S/C23H22ClN3O4/c24-17-7-9-20(21(13-17)27(29)30)22-10-8-19(31-22)15-25-14-16-4-3-5-18(12-16)26-11-2-1-6-23(26)28/h3-5,7-10,12-13,25H,1-2,6,11,14-15H2. The van der Waals surface area contributed by atoms with Crippen molar-refractivity contribution in [1.29, 1.82) is 0 Å². The van der Waals surface area contributed by atoms with Crippen molar-refractivity contribution in [2.24, 2.45) is 0 Å². The van der Waals surface area contributed by atoms with E-state index in [0.29, 0.717) is 41.6 Å². The van der Waals surface area contributed by atoms with Crippen LogP contribution in [0.1, 0.15) is 30.6 Å². The fraction of sp³-hybridized carbons (Fsp3) is 0.261. The van der Waals surface area contributed by atoms with Crippen molar-refractivity contribution < 1.29 is 14.1 Å². The Labute approximate surface area is 184 Å². The van der Waals surface area contributed by atoms with E-state index in [0.717, 1.165) is 30.6 Å². The van der Waals surface area contributed by atoms with Gasteiger partial charge in [0.1, 0.15) is 11.5 Å². The van der Waals surface area contributed by atoms with E-state index in [2.05, 4.69) is 5.32 Å². The predicted molar refractivity (Wildman–Crippen MR) is 119 cm³/mol. The minimum Gasteiger partial charge on any atom is -0.459 e. The molecule has 1 saturated heterocycles. The second-order valence-electron chi connectivity index (χ2n) is 7.46. The molecule has 2 aromatic carbocycles. The number of nitro benzene ring substituents is 1. The predicted octanol–water partition coefficient (Wildman–Crippen LogP) is 5.31. The second-order valence-corrected chi connectivity index (χ2v) is 7.90. The Bertz CT molecular complexity index is 1110. The first-order chi connectivity index (χ1) is 15.0. The molecule has 8 heteroatoms. The first-order valence-electron chi connectivity index (χ1n) is 10.1. The summed E-state index contributed by atoms with van der Waals surface area (Å²) in [5.74, 6) is 1.27. The van der Waals surface area contributed by atoms with Gasteiger partial charge >= 0.3 is 0 Å². The Morgan fingerprint density at radius 1 is 1.10 bits per heavy atom. The zero-order chi connectivity index (χ0) is 21.8. The molecule has 0 atom stereocenters. The van der Waals surface area contributed by atoms with Gasteiger partial charge in [0.25, 0.3) is 5.69 Å². The van der Waals surface area contributed by atoms with Crippen LogP contribution in [0.4, 0.5) is 11.4 Å². The third-order valence-electron chi connectivity index (χ3n) is 5.26. The van der Waals surface area contributed by atoms with Crippen molar-refractivity contribution in [3.63, 3.8) is 0 Å². The van der Waals surface area contributed by atoms with E-state index in [1.54, 1.807) is 24.3 Å². The monoisotopic (exact) mass is 439 g/mol. The molecule has 2 heterocycles. The molecule has 0 spiro atoms. The summed E-state index contributed by atoms with van der Waals surface area (Å²) in [5.41, 5.74) is 2.29. The fourth-order valence-electron chi connectivity index (χ4n) is 3.73. The van der Waals surface area contributed by atoms with Gasteiger partial charge in [-0.25, -0.2) is 0 Å². The van der Waals surface area contributed by atoms with Gasteiger partial charge in [0.15, 0.2) is 0 Å². The molecule has 0 radical (unpaired) electrons. The Morgan fingerprint density at radius 3 is 2.77 bits per heavy atom. The lowest BCUT2D eigenvalue weighted by molar-refractivity contribution is -0.384. The van der Waals surface area contributed by atoms with Gasteiger partial charge in [-0.15, -0.1) is 0 Å². The first kappa shape index (κ1) is 21.1. The van der Waals surface area contributed by atoms with Crippen LogP contribution >= 0.6 is 11.6 Å². The molecular formula is C23H22ClN3O4. The maximum absolute atomic E-state index is 12.2. The van der Waals surface area contributed by atoms with Crippen molar-refractivity contribution in [1.82, 2.24) is 5.32 Å². The zero-order valence-electron chi connectivity index (χ0n) is 16.8. The highest BCUT2D eigenvalue weighted by molar-refractivity contribution is 6.30. The maximum atomic E-state index is 12.2. The molecule has 160 valence electrons. The molecular weight excluding hydrogens is 418 g/mol. The van der Waals surface area contributed by atoms with E-state index in [1.165, 1.54) is 6.07 Å². The number of anilines is 1. The van der Waals surface area contributed by atoms with Crippen LogP contribution in [-0.2, 0) is 17.9 Å². The number of carbonyl (C=O) groups excluding carboxylic acids is 1.